The smallest absolute Gasteiger partial charge is 0.341 e. The molecular weight excluding hydrogens is 344 g/mol. The Bertz CT molecular complexity index is 759. The van der Waals surface area contributed by atoms with Gasteiger partial charge >= 0.3 is 5.97 Å². The summed E-state index contributed by atoms with van der Waals surface area (Å²) in [6.07, 6.45) is 0. The zero-order valence-electron chi connectivity index (χ0n) is 14.3. The summed E-state index contributed by atoms with van der Waals surface area (Å²) in [6, 6.07) is 4.71. The Kier molecular flexibility index (Phi) is 6.35. The third kappa shape index (κ3) is 4.93. The van der Waals surface area contributed by atoms with Gasteiger partial charge in [0, 0.05) is 17.5 Å². The molecule has 2 rings (SSSR count). The van der Waals surface area contributed by atoms with Gasteiger partial charge in [0.1, 0.15) is 0 Å². The number of rotatable bonds is 8. The molecule has 0 saturated carbocycles. The highest BCUT2D eigenvalue weighted by atomic mass is 32.1. The summed E-state index contributed by atoms with van der Waals surface area (Å²) in [5.41, 5.74) is 3.11. The Morgan fingerprint density at radius 2 is 2.04 bits per heavy atom. The standard InChI is InChI=1S/C17H20N2O5S/c1-4-23-14-7-12(5-6-13(14)24-9-16(20)21)17(22)19(3)8-15-11(2)18-10-25-15/h5-7,10H,4,8-9H2,1-3H3,(H,20,21). The molecule has 0 aliphatic carbocycles. The first kappa shape index (κ1) is 18.7. The monoisotopic (exact) mass is 364 g/mol. The van der Waals surface area contributed by atoms with Crippen molar-refractivity contribution in [1.82, 2.24) is 9.88 Å². The summed E-state index contributed by atoms with van der Waals surface area (Å²) < 4.78 is 10.7. The van der Waals surface area contributed by atoms with Crippen LogP contribution in [0.1, 0.15) is 27.9 Å². The number of nitrogens with zero attached hydrogens (tertiary/aromatic N) is 2. The Balaban J connectivity index is 2.16. The SMILES string of the molecule is CCOc1cc(C(=O)N(C)Cc2scnc2C)ccc1OCC(=O)O. The van der Waals surface area contributed by atoms with Gasteiger partial charge in [-0.15, -0.1) is 11.3 Å². The molecule has 134 valence electrons. The summed E-state index contributed by atoms with van der Waals surface area (Å²) in [4.78, 5) is 30.1. The maximum absolute atomic E-state index is 12.6. The van der Waals surface area contributed by atoms with Crippen LogP contribution in [0.4, 0.5) is 0 Å². The number of amides is 1. The molecule has 0 unspecified atom stereocenters. The molecular formula is C17H20N2O5S. The Hall–Kier alpha value is -2.61. The Labute approximate surface area is 149 Å². The van der Waals surface area contributed by atoms with E-state index in [2.05, 4.69) is 4.98 Å². The molecule has 0 aliphatic heterocycles. The molecule has 0 atom stereocenters. The summed E-state index contributed by atoms with van der Waals surface area (Å²) in [5.74, 6) is -0.612. The van der Waals surface area contributed by atoms with Gasteiger partial charge in [0.15, 0.2) is 18.1 Å². The highest BCUT2D eigenvalue weighted by Crippen LogP contribution is 2.29. The van der Waals surface area contributed by atoms with E-state index < -0.39 is 12.6 Å². The number of benzene rings is 1. The van der Waals surface area contributed by atoms with Gasteiger partial charge in [-0.05, 0) is 32.0 Å². The van der Waals surface area contributed by atoms with E-state index in [-0.39, 0.29) is 5.91 Å². The van der Waals surface area contributed by atoms with E-state index in [0.29, 0.717) is 30.2 Å². The second-order valence-corrected chi connectivity index (χ2v) is 6.24. The van der Waals surface area contributed by atoms with Gasteiger partial charge < -0.3 is 19.5 Å². The normalized spacial score (nSPS) is 10.4. The van der Waals surface area contributed by atoms with Crippen molar-refractivity contribution in [3.8, 4) is 11.5 Å². The molecule has 0 bridgehead atoms. The number of carbonyl (C=O) groups excluding carboxylic acids is 1. The van der Waals surface area contributed by atoms with E-state index in [1.54, 1.807) is 42.6 Å². The lowest BCUT2D eigenvalue weighted by atomic mass is 10.1. The Morgan fingerprint density at radius 3 is 2.64 bits per heavy atom. The van der Waals surface area contributed by atoms with E-state index in [1.807, 2.05) is 6.92 Å². The van der Waals surface area contributed by atoms with Crippen LogP contribution in [0.25, 0.3) is 0 Å². The molecule has 2 aromatic rings. The predicted octanol–water partition coefficient (Wildman–Crippen LogP) is 2.59. The highest BCUT2D eigenvalue weighted by molar-refractivity contribution is 7.09. The van der Waals surface area contributed by atoms with Crippen molar-refractivity contribution < 1.29 is 24.2 Å². The van der Waals surface area contributed by atoms with Crippen LogP contribution in [0.15, 0.2) is 23.7 Å². The van der Waals surface area contributed by atoms with Gasteiger partial charge in [0.2, 0.25) is 0 Å². The first-order chi connectivity index (χ1) is 11.9. The number of thiazole rings is 1. The predicted molar refractivity (Wildman–Crippen MR) is 93.4 cm³/mol. The van der Waals surface area contributed by atoms with Crippen LogP contribution in [0, 0.1) is 6.92 Å². The van der Waals surface area contributed by atoms with Crippen molar-refractivity contribution in [2.24, 2.45) is 0 Å². The molecule has 0 spiro atoms. The molecule has 0 aliphatic rings. The number of ether oxygens (including phenoxy) is 2. The lowest BCUT2D eigenvalue weighted by Gasteiger charge is -2.18. The first-order valence-electron chi connectivity index (χ1n) is 7.68. The Morgan fingerprint density at radius 1 is 1.28 bits per heavy atom. The maximum atomic E-state index is 12.6. The second kappa shape index (κ2) is 8.48. The minimum absolute atomic E-state index is 0.168. The number of hydrogen-bond acceptors (Lipinski definition) is 6. The average Bonchev–Trinajstić information content (AvgIpc) is 2.98. The van der Waals surface area contributed by atoms with Gasteiger partial charge in [-0.2, -0.15) is 0 Å². The van der Waals surface area contributed by atoms with Crippen LogP contribution in [-0.2, 0) is 11.3 Å². The van der Waals surface area contributed by atoms with E-state index in [1.165, 1.54) is 11.3 Å². The summed E-state index contributed by atoms with van der Waals surface area (Å²) >= 11 is 1.51. The number of hydrogen-bond donors (Lipinski definition) is 1. The molecule has 8 heteroatoms. The van der Waals surface area contributed by atoms with Crippen molar-refractivity contribution in [2.45, 2.75) is 20.4 Å². The molecule has 0 saturated heterocycles. The van der Waals surface area contributed by atoms with Crippen LogP contribution in [0.3, 0.4) is 0 Å². The molecule has 1 amide bonds. The molecule has 1 N–H and O–H groups in total. The topological polar surface area (TPSA) is 89.0 Å². The number of carbonyl (C=O) groups is 2. The number of aryl methyl sites for hydroxylation is 1. The van der Waals surface area contributed by atoms with Crippen molar-refractivity contribution in [3.05, 3.63) is 39.8 Å². The summed E-state index contributed by atoms with van der Waals surface area (Å²) in [5, 5.41) is 8.73. The van der Waals surface area contributed by atoms with Crippen LogP contribution in [-0.4, -0.2) is 47.1 Å². The van der Waals surface area contributed by atoms with Crippen molar-refractivity contribution in [1.29, 1.82) is 0 Å². The van der Waals surface area contributed by atoms with Gasteiger partial charge in [0.25, 0.3) is 5.91 Å². The number of aliphatic carboxylic acids is 1. The quantitative estimate of drug-likeness (QED) is 0.774. The van der Waals surface area contributed by atoms with Gasteiger partial charge in [-0.3, -0.25) is 4.79 Å². The van der Waals surface area contributed by atoms with Gasteiger partial charge in [-0.1, -0.05) is 0 Å². The average molecular weight is 364 g/mol. The summed E-state index contributed by atoms with van der Waals surface area (Å²) in [6.45, 7) is 4.07. The third-order valence-electron chi connectivity index (χ3n) is 3.41. The fourth-order valence-electron chi connectivity index (χ4n) is 2.15. The van der Waals surface area contributed by atoms with Crippen molar-refractivity contribution >= 4 is 23.2 Å². The highest BCUT2D eigenvalue weighted by Gasteiger charge is 2.17. The molecule has 1 aromatic carbocycles. The van der Waals surface area contributed by atoms with Crippen LogP contribution in [0.2, 0.25) is 0 Å². The number of carboxylic acids is 1. The van der Waals surface area contributed by atoms with Crippen molar-refractivity contribution in [3.63, 3.8) is 0 Å². The van der Waals surface area contributed by atoms with E-state index in [4.69, 9.17) is 14.6 Å². The van der Waals surface area contributed by atoms with Crippen LogP contribution >= 0.6 is 11.3 Å². The zero-order valence-corrected chi connectivity index (χ0v) is 15.1. The molecule has 25 heavy (non-hydrogen) atoms. The molecule has 0 radical (unpaired) electrons. The molecule has 1 aromatic heterocycles. The molecule has 1 heterocycles. The van der Waals surface area contributed by atoms with E-state index >= 15 is 0 Å². The lowest BCUT2D eigenvalue weighted by Crippen LogP contribution is -2.26. The fourth-order valence-corrected chi connectivity index (χ4v) is 2.98. The molecule has 7 nitrogen and oxygen atoms in total. The molecule has 0 fully saturated rings. The zero-order chi connectivity index (χ0) is 18.4. The first-order valence-corrected chi connectivity index (χ1v) is 8.56. The minimum atomic E-state index is -1.08. The van der Waals surface area contributed by atoms with Gasteiger partial charge in [-0.25, -0.2) is 9.78 Å². The minimum Gasteiger partial charge on any atom is -0.490 e. The number of aromatic nitrogens is 1. The summed E-state index contributed by atoms with van der Waals surface area (Å²) in [7, 11) is 1.72. The van der Waals surface area contributed by atoms with E-state index in [0.717, 1.165) is 10.6 Å². The number of carboxylic acid groups (broad SMARTS) is 1. The fraction of sp³-hybridized carbons (Fsp3) is 0.353. The second-order valence-electron chi connectivity index (χ2n) is 5.30. The van der Waals surface area contributed by atoms with Crippen LogP contribution < -0.4 is 9.47 Å². The maximum Gasteiger partial charge on any atom is 0.341 e. The van der Waals surface area contributed by atoms with Crippen LogP contribution in [0.5, 0.6) is 11.5 Å². The van der Waals surface area contributed by atoms with Gasteiger partial charge in [0.05, 0.1) is 24.4 Å². The van der Waals surface area contributed by atoms with E-state index in [9.17, 15) is 9.59 Å². The lowest BCUT2D eigenvalue weighted by molar-refractivity contribution is -0.139. The third-order valence-corrected chi connectivity index (χ3v) is 4.33. The largest absolute Gasteiger partial charge is 0.490 e. The van der Waals surface area contributed by atoms with Crippen molar-refractivity contribution in [2.75, 3.05) is 20.3 Å².